The highest BCUT2D eigenvalue weighted by atomic mass is 16.6. The molecule has 124 valence electrons. The smallest absolute Gasteiger partial charge is 0.308 e. The molecule has 2 rings (SSSR count). The molecule has 1 aromatic carbocycles. The van der Waals surface area contributed by atoms with Crippen LogP contribution in [0.5, 0.6) is 0 Å². The van der Waals surface area contributed by atoms with Gasteiger partial charge in [0, 0.05) is 11.6 Å². The van der Waals surface area contributed by atoms with Crippen LogP contribution in [0.3, 0.4) is 0 Å². The molecule has 1 saturated heterocycles. The van der Waals surface area contributed by atoms with Gasteiger partial charge in [0.1, 0.15) is 0 Å². The maximum absolute atomic E-state index is 11.7. The van der Waals surface area contributed by atoms with Crippen molar-refractivity contribution < 1.29 is 24.7 Å². The van der Waals surface area contributed by atoms with Gasteiger partial charge in [-0.15, -0.1) is 0 Å². The first-order chi connectivity index (χ1) is 10.8. The SMILES string of the molecule is CCc1cc([N+](=O)[O-])c(CC(=O)O)cc1CC1NC(O)NC1=O. The minimum absolute atomic E-state index is 0.0913. The van der Waals surface area contributed by atoms with Crippen molar-refractivity contribution >= 4 is 17.6 Å². The van der Waals surface area contributed by atoms with E-state index < -0.39 is 29.7 Å². The number of aliphatic carboxylic acids is 1. The van der Waals surface area contributed by atoms with Crippen LogP contribution in [0, 0.1) is 10.1 Å². The molecule has 0 aromatic heterocycles. The maximum Gasteiger partial charge on any atom is 0.308 e. The summed E-state index contributed by atoms with van der Waals surface area (Å²) in [4.78, 5) is 33.1. The molecule has 9 nitrogen and oxygen atoms in total. The quantitative estimate of drug-likeness (QED) is 0.415. The van der Waals surface area contributed by atoms with Gasteiger partial charge in [-0.3, -0.25) is 25.0 Å². The average molecular weight is 323 g/mol. The summed E-state index contributed by atoms with van der Waals surface area (Å²) in [5.41, 5.74) is 1.17. The Kier molecular flexibility index (Phi) is 4.92. The average Bonchev–Trinajstić information content (AvgIpc) is 2.76. The fraction of sp³-hybridized carbons (Fsp3) is 0.429. The van der Waals surface area contributed by atoms with Gasteiger partial charge in [-0.25, -0.2) is 0 Å². The van der Waals surface area contributed by atoms with Gasteiger partial charge in [0.2, 0.25) is 5.91 Å². The molecule has 4 N–H and O–H groups in total. The van der Waals surface area contributed by atoms with Crippen molar-refractivity contribution in [1.29, 1.82) is 0 Å². The van der Waals surface area contributed by atoms with Gasteiger partial charge in [0.15, 0.2) is 6.35 Å². The molecule has 1 aliphatic heterocycles. The molecule has 1 amide bonds. The van der Waals surface area contributed by atoms with Crippen LogP contribution in [0.25, 0.3) is 0 Å². The van der Waals surface area contributed by atoms with Crippen molar-refractivity contribution in [2.24, 2.45) is 0 Å². The molecule has 0 saturated carbocycles. The summed E-state index contributed by atoms with van der Waals surface area (Å²) >= 11 is 0. The van der Waals surface area contributed by atoms with Gasteiger partial charge < -0.3 is 15.5 Å². The second kappa shape index (κ2) is 6.71. The molecule has 0 spiro atoms. The highest BCUT2D eigenvalue weighted by Crippen LogP contribution is 2.26. The van der Waals surface area contributed by atoms with Gasteiger partial charge in [0.05, 0.1) is 17.4 Å². The highest BCUT2D eigenvalue weighted by molar-refractivity contribution is 5.84. The molecular formula is C14H17N3O6. The third-order valence-electron chi connectivity index (χ3n) is 3.70. The first-order valence-corrected chi connectivity index (χ1v) is 7.07. The Hall–Kier alpha value is -2.52. The molecule has 1 fully saturated rings. The lowest BCUT2D eigenvalue weighted by Crippen LogP contribution is -2.34. The zero-order chi connectivity index (χ0) is 17.1. The first-order valence-electron chi connectivity index (χ1n) is 7.07. The number of nitrogens with zero attached hydrogens (tertiary/aromatic N) is 1. The van der Waals surface area contributed by atoms with Crippen LogP contribution in [0.2, 0.25) is 0 Å². The van der Waals surface area contributed by atoms with E-state index in [0.717, 1.165) is 0 Å². The standard InChI is InChI=1S/C14H17N3O6/c1-2-7-5-11(17(22)23)9(6-12(18)19)3-8(7)4-10-13(20)16-14(21)15-10/h3,5,10,14-15,21H,2,4,6H2,1H3,(H,16,20)(H,18,19). The van der Waals surface area contributed by atoms with Gasteiger partial charge >= 0.3 is 5.97 Å². The number of nitro benzene ring substituents is 1. The lowest BCUT2D eigenvalue weighted by Gasteiger charge is -2.14. The highest BCUT2D eigenvalue weighted by Gasteiger charge is 2.31. The topological polar surface area (TPSA) is 142 Å². The number of nitro groups is 1. The lowest BCUT2D eigenvalue weighted by molar-refractivity contribution is -0.385. The molecule has 1 aliphatic rings. The Bertz CT molecular complexity index is 660. The normalized spacial score (nSPS) is 20.3. The number of benzene rings is 1. The number of amides is 1. The van der Waals surface area contributed by atoms with Gasteiger partial charge in [-0.2, -0.15) is 0 Å². The first kappa shape index (κ1) is 16.8. The predicted octanol–water partition coefficient (Wildman–Crippen LogP) is -0.309. The van der Waals surface area contributed by atoms with E-state index in [2.05, 4.69) is 10.6 Å². The fourth-order valence-corrected chi connectivity index (χ4v) is 2.64. The second-order valence-electron chi connectivity index (χ2n) is 5.27. The Labute approximate surface area is 131 Å². The summed E-state index contributed by atoms with van der Waals surface area (Å²) in [6.07, 6.45) is -0.897. The Balaban J connectivity index is 2.39. The molecule has 1 aromatic rings. The van der Waals surface area contributed by atoms with E-state index in [9.17, 15) is 24.8 Å². The summed E-state index contributed by atoms with van der Waals surface area (Å²) in [5, 5.41) is 34.3. The Morgan fingerprint density at radius 3 is 2.52 bits per heavy atom. The number of carboxylic acids is 1. The largest absolute Gasteiger partial charge is 0.481 e. The van der Waals surface area contributed by atoms with Crippen molar-refractivity contribution in [1.82, 2.24) is 10.6 Å². The molecule has 0 aliphatic carbocycles. The summed E-state index contributed by atoms with van der Waals surface area (Å²) in [5.74, 6) is -1.55. The number of carbonyl (C=O) groups is 2. The number of nitrogens with one attached hydrogen (secondary N) is 2. The van der Waals surface area contributed by atoms with E-state index in [0.29, 0.717) is 17.5 Å². The number of rotatable bonds is 6. The molecule has 1 heterocycles. The van der Waals surface area contributed by atoms with Gasteiger partial charge in [-0.1, -0.05) is 6.92 Å². The van der Waals surface area contributed by atoms with Crippen molar-refractivity contribution in [3.05, 3.63) is 38.9 Å². The third-order valence-corrected chi connectivity index (χ3v) is 3.70. The molecule has 2 atom stereocenters. The summed E-state index contributed by atoms with van der Waals surface area (Å²) in [6, 6.07) is 2.15. The minimum Gasteiger partial charge on any atom is -0.481 e. The third kappa shape index (κ3) is 3.82. The zero-order valence-corrected chi connectivity index (χ0v) is 12.4. The minimum atomic E-state index is -1.17. The second-order valence-corrected chi connectivity index (χ2v) is 5.27. The Morgan fingerprint density at radius 2 is 2.04 bits per heavy atom. The van der Waals surface area contributed by atoms with Gasteiger partial charge in [-0.05, 0) is 30.0 Å². The number of aliphatic hydroxyl groups excluding tert-OH is 1. The maximum atomic E-state index is 11.7. The summed E-state index contributed by atoms with van der Waals surface area (Å²) in [7, 11) is 0. The molecule has 2 unspecified atom stereocenters. The van der Waals surface area contributed by atoms with Crippen LogP contribution in [-0.4, -0.2) is 39.4 Å². The van der Waals surface area contributed by atoms with E-state index in [1.165, 1.54) is 12.1 Å². The van der Waals surface area contributed by atoms with Crippen molar-refractivity contribution in [3.63, 3.8) is 0 Å². The molecule has 0 bridgehead atoms. The van der Waals surface area contributed by atoms with E-state index in [-0.39, 0.29) is 23.6 Å². The van der Waals surface area contributed by atoms with Gasteiger partial charge in [0.25, 0.3) is 5.69 Å². The van der Waals surface area contributed by atoms with Crippen molar-refractivity contribution in [3.8, 4) is 0 Å². The Morgan fingerprint density at radius 1 is 1.35 bits per heavy atom. The number of carbonyl (C=O) groups excluding carboxylic acids is 1. The molecule has 0 radical (unpaired) electrons. The number of hydrogen-bond acceptors (Lipinski definition) is 6. The summed E-state index contributed by atoms with van der Waals surface area (Å²) < 4.78 is 0. The molecule has 23 heavy (non-hydrogen) atoms. The van der Waals surface area contributed by atoms with Crippen LogP contribution in [0.15, 0.2) is 12.1 Å². The number of aryl methyl sites for hydroxylation is 1. The lowest BCUT2D eigenvalue weighted by atomic mass is 9.94. The van der Waals surface area contributed by atoms with E-state index in [4.69, 9.17) is 5.11 Å². The number of hydrogen-bond donors (Lipinski definition) is 4. The fourth-order valence-electron chi connectivity index (χ4n) is 2.64. The zero-order valence-electron chi connectivity index (χ0n) is 12.4. The van der Waals surface area contributed by atoms with E-state index in [1.54, 1.807) is 0 Å². The van der Waals surface area contributed by atoms with Crippen LogP contribution in [0.4, 0.5) is 5.69 Å². The monoisotopic (exact) mass is 323 g/mol. The number of carboxylic acid groups (broad SMARTS) is 1. The van der Waals surface area contributed by atoms with Crippen molar-refractivity contribution in [2.45, 2.75) is 38.6 Å². The van der Waals surface area contributed by atoms with Crippen molar-refractivity contribution in [2.75, 3.05) is 0 Å². The van der Waals surface area contributed by atoms with Crippen LogP contribution >= 0.6 is 0 Å². The van der Waals surface area contributed by atoms with Crippen LogP contribution < -0.4 is 10.6 Å². The van der Waals surface area contributed by atoms with Crippen LogP contribution in [-0.2, 0) is 28.9 Å². The van der Waals surface area contributed by atoms with E-state index in [1.807, 2.05) is 6.92 Å². The molecule has 9 heteroatoms. The predicted molar refractivity (Wildman–Crippen MR) is 78.6 cm³/mol. The molecular weight excluding hydrogens is 306 g/mol. The summed E-state index contributed by atoms with van der Waals surface area (Å²) in [6.45, 7) is 1.82. The van der Waals surface area contributed by atoms with Crippen LogP contribution in [0.1, 0.15) is 23.6 Å². The van der Waals surface area contributed by atoms with E-state index >= 15 is 0 Å². The number of aliphatic hydroxyl groups is 1.